The van der Waals surface area contributed by atoms with Gasteiger partial charge in [0.05, 0.1) is 0 Å². The van der Waals surface area contributed by atoms with Gasteiger partial charge in [0.25, 0.3) is 5.91 Å². The minimum atomic E-state index is -0.832. The van der Waals surface area contributed by atoms with E-state index in [0.717, 1.165) is 24.8 Å². The topological polar surface area (TPSA) is 77.8 Å². The molecule has 21 heavy (non-hydrogen) atoms. The monoisotopic (exact) mass is 291 g/mol. The molecule has 1 saturated heterocycles. The van der Waals surface area contributed by atoms with Crippen LogP contribution in [-0.2, 0) is 4.79 Å². The first-order valence-corrected chi connectivity index (χ1v) is 7.31. The number of aromatic hydroxyl groups is 1. The third-order valence-electron chi connectivity index (χ3n) is 4.04. The van der Waals surface area contributed by atoms with Crippen molar-refractivity contribution in [3.63, 3.8) is 0 Å². The van der Waals surface area contributed by atoms with Crippen LogP contribution in [0.1, 0.15) is 48.0 Å². The Kier molecular flexibility index (Phi) is 4.83. The number of benzene rings is 1. The van der Waals surface area contributed by atoms with Crippen molar-refractivity contribution in [1.82, 2.24) is 4.90 Å². The number of amides is 1. The Balaban J connectivity index is 2.13. The van der Waals surface area contributed by atoms with Crippen LogP contribution in [0.4, 0.5) is 0 Å². The van der Waals surface area contributed by atoms with Crippen LogP contribution in [0.25, 0.3) is 0 Å². The molecule has 1 fully saturated rings. The lowest BCUT2D eigenvalue weighted by Gasteiger charge is -2.35. The summed E-state index contributed by atoms with van der Waals surface area (Å²) < 4.78 is 0. The fourth-order valence-electron chi connectivity index (χ4n) is 2.77. The first-order chi connectivity index (χ1) is 9.99. The highest BCUT2D eigenvalue weighted by Crippen LogP contribution is 2.25. The van der Waals surface area contributed by atoms with E-state index >= 15 is 0 Å². The summed E-state index contributed by atoms with van der Waals surface area (Å²) in [5.74, 6) is -0.846. The van der Waals surface area contributed by atoms with Gasteiger partial charge in [-0.05, 0) is 50.3 Å². The van der Waals surface area contributed by atoms with E-state index < -0.39 is 5.97 Å². The van der Waals surface area contributed by atoms with Gasteiger partial charge in [-0.25, -0.2) is 0 Å². The maximum absolute atomic E-state index is 12.6. The number of piperidine rings is 1. The zero-order valence-electron chi connectivity index (χ0n) is 12.2. The average molecular weight is 291 g/mol. The molecule has 1 amide bonds. The fourth-order valence-corrected chi connectivity index (χ4v) is 2.77. The number of hydrogen-bond donors (Lipinski definition) is 2. The maximum Gasteiger partial charge on any atom is 0.303 e. The van der Waals surface area contributed by atoms with E-state index in [1.807, 2.05) is 0 Å². The molecular weight excluding hydrogens is 270 g/mol. The van der Waals surface area contributed by atoms with Gasteiger partial charge in [0, 0.05) is 24.6 Å². The van der Waals surface area contributed by atoms with Crippen molar-refractivity contribution in [3.8, 4) is 5.75 Å². The van der Waals surface area contributed by atoms with E-state index in [2.05, 4.69) is 0 Å². The Hall–Kier alpha value is -2.04. The summed E-state index contributed by atoms with van der Waals surface area (Å²) in [6, 6.07) is 4.89. The number of phenols is 1. The minimum Gasteiger partial charge on any atom is -0.508 e. The molecule has 0 spiro atoms. The lowest BCUT2D eigenvalue weighted by Crippen LogP contribution is -2.43. The SMILES string of the molecule is Cc1ccc(C(=O)N2CCCCC2CCC(=O)O)cc1O. The van der Waals surface area contributed by atoms with Gasteiger partial charge in [-0.2, -0.15) is 0 Å². The van der Waals surface area contributed by atoms with Crippen LogP contribution >= 0.6 is 0 Å². The van der Waals surface area contributed by atoms with Crippen LogP contribution in [-0.4, -0.2) is 39.6 Å². The number of aryl methyl sites for hydroxylation is 1. The largest absolute Gasteiger partial charge is 0.508 e. The van der Waals surface area contributed by atoms with Crippen molar-refractivity contribution >= 4 is 11.9 Å². The molecule has 1 aromatic carbocycles. The second kappa shape index (κ2) is 6.61. The van der Waals surface area contributed by atoms with E-state index in [1.165, 1.54) is 6.07 Å². The highest BCUT2D eigenvalue weighted by Gasteiger charge is 2.28. The Bertz CT molecular complexity index is 541. The van der Waals surface area contributed by atoms with Crippen molar-refractivity contribution in [3.05, 3.63) is 29.3 Å². The smallest absolute Gasteiger partial charge is 0.303 e. The highest BCUT2D eigenvalue weighted by atomic mass is 16.4. The van der Waals surface area contributed by atoms with Crippen molar-refractivity contribution < 1.29 is 19.8 Å². The molecular formula is C16H21NO4. The predicted molar refractivity (Wildman–Crippen MR) is 78.4 cm³/mol. The number of phenolic OH excluding ortho intramolecular Hbond substituents is 1. The summed E-state index contributed by atoms with van der Waals surface area (Å²) in [6.45, 7) is 2.43. The zero-order valence-corrected chi connectivity index (χ0v) is 12.2. The maximum atomic E-state index is 12.6. The molecule has 0 saturated carbocycles. The van der Waals surface area contributed by atoms with Crippen LogP contribution < -0.4 is 0 Å². The Labute approximate surface area is 124 Å². The second-order valence-electron chi connectivity index (χ2n) is 5.58. The summed E-state index contributed by atoms with van der Waals surface area (Å²) in [6.07, 6.45) is 3.36. The first kappa shape index (κ1) is 15.4. The number of carbonyl (C=O) groups excluding carboxylic acids is 1. The Morgan fingerprint density at radius 2 is 2.10 bits per heavy atom. The van der Waals surface area contributed by atoms with Crippen molar-refractivity contribution in [2.45, 2.75) is 45.1 Å². The molecule has 0 aromatic heterocycles. The van der Waals surface area contributed by atoms with Crippen LogP contribution in [0.3, 0.4) is 0 Å². The molecule has 5 heteroatoms. The van der Waals surface area contributed by atoms with E-state index in [1.54, 1.807) is 24.0 Å². The predicted octanol–water partition coefficient (Wildman–Crippen LogP) is 2.56. The molecule has 1 heterocycles. The molecule has 1 unspecified atom stereocenters. The van der Waals surface area contributed by atoms with Crippen molar-refractivity contribution in [1.29, 1.82) is 0 Å². The number of carboxylic acid groups (broad SMARTS) is 1. The molecule has 2 rings (SSSR count). The van der Waals surface area contributed by atoms with Gasteiger partial charge in [-0.3, -0.25) is 9.59 Å². The molecule has 1 aliphatic heterocycles. The molecule has 2 N–H and O–H groups in total. The summed E-state index contributed by atoms with van der Waals surface area (Å²) in [7, 11) is 0. The Morgan fingerprint density at radius 3 is 2.76 bits per heavy atom. The third-order valence-corrected chi connectivity index (χ3v) is 4.04. The van der Waals surface area contributed by atoms with Crippen LogP contribution in [0, 0.1) is 6.92 Å². The van der Waals surface area contributed by atoms with Gasteiger partial charge in [0.2, 0.25) is 0 Å². The average Bonchev–Trinajstić information content (AvgIpc) is 2.47. The van der Waals surface area contributed by atoms with E-state index in [4.69, 9.17) is 5.11 Å². The standard InChI is InChI=1S/C16H21NO4/c1-11-5-6-12(10-14(11)18)16(21)17-9-3-2-4-13(17)7-8-15(19)20/h5-6,10,13,18H,2-4,7-9H2,1H3,(H,19,20). The summed E-state index contributed by atoms with van der Waals surface area (Å²) in [5.41, 5.74) is 1.19. The van der Waals surface area contributed by atoms with E-state index in [-0.39, 0.29) is 24.1 Å². The van der Waals surface area contributed by atoms with Gasteiger partial charge >= 0.3 is 5.97 Å². The highest BCUT2D eigenvalue weighted by molar-refractivity contribution is 5.95. The van der Waals surface area contributed by atoms with Gasteiger partial charge in [-0.15, -0.1) is 0 Å². The summed E-state index contributed by atoms with van der Waals surface area (Å²) >= 11 is 0. The third kappa shape index (κ3) is 3.74. The quantitative estimate of drug-likeness (QED) is 0.893. The fraction of sp³-hybridized carbons (Fsp3) is 0.500. The van der Waals surface area contributed by atoms with Crippen LogP contribution in [0.15, 0.2) is 18.2 Å². The molecule has 0 radical (unpaired) electrons. The Morgan fingerprint density at radius 1 is 1.33 bits per heavy atom. The summed E-state index contributed by atoms with van der Waals surface area (Å²) in [4.78, 5) is 25.1. The zero-order chi connectivity index (χ0) is 15.4. The lowest BCUT2D eigenvalue weighted by molar-refractivity contribution is -0.137. The molecule has 0 aliphatic carbocycles. The van der Waals surface area contributed by atoms with E-state index in [9.17, 15) is 14.7 Å². The molecule has 0 bridgehead atoms. The summed E-state index contributed by atoms with van der Waals surface area (Å²) in [5, 5.41) is 18.6. The normalized spacial score (nSPS) is 18.5. The van der Waals surface area contributed by atoms with Crippen molar-refractivity contribution in [2.75, 3.05) is 6.54 Å². The first-order valence-electron chi connectivity index (χ1n) is 7.31. The number of hydrogen-bond acceptors (Lipinski definition) is 3. The van der Waals surface area contributed by atoms with Gasteiger partial charge in [0.15, 0.2) is 0 Å². The number of carbonyl (C=O) groups is 2. The molecule has 114 valence electrons. The van der Waals surface area contributed by atoms with Crippen LogP contribution in [0.2, 0.25) is 0 Å². The van der Waals surface area contributed by atoms with Crippen molar-refractivity contribution in [2.24, 2.45) is 0 Å². The van der Waals surface area contributed by atoms with Gasteiger partial charge in [-0.1, -0.05) is 6.07 Å². The van der Waals surface area contributed by atoms with Crippen LogP contribution in [0.5, 0.6) is 5.75 Å². The number of nitrogens with zero attached hydrogens (tertiary/aromatic N) is 1. The van der Waals surface area contributed by atoms with Gasteiger partial charge < -0.3 is 15.1 Å². The molecule has 1 aliphatic rings. The lowest BCUT2D eigenvalue weighted by atomic mass is 9.96. The molecule has 1 atom stereocenters. The molecule has 1 aromatic rings. The number of carboxylic acids is 1. The molecule has 5 nitrogen and oxygen atoms in total. The van der Waals surface area contributed by atoms with Gasteiger partial charge in [0.1, 0.15) is 5.75 Å². The number of aliphatic carboxylic acids is 1. The number of rotatable bonds is 4. The second-order valence-corrected chi connectivity index (χ2v) is 5.58. The number of likely N-dealkylation sites (tertiary alicyclic amines) is 1. The minimum absolute atomic E-state index is 0.0224. The van der Waals surface area contributed by atoms with E-state index in [0.29, 0.717) is 18.5 Å².